The van der Waals surface area contributed by atoms with Gasteiger partial charge in [0.25, 0.3) is 5.91 Å². The van der Waals surface area contributed by atoms with Gasteiger partial charge in [-0.1, -0.05) is 30.3 Å². The summed E-state index contributed by atoms with van der Waals surface area (Å²) >= 11 is 0. The maximum absolute atomic E-state index is 12.9. The van der Waals surface area contributed by atoms with E-state index in [9.17, 15) is 18.8 Å². The van der Waals surface area contributed by atoms with Crippen molar-refractivity contribution in [2.75, 3.05) is 13.1 Å². The second kappa shape index (κ2) is 8.47. The summed E-state index contributed by atoms with van der Waals surface area (Å²) in [7, 11) is 0. The summed E-state index contributed by atoms with van der Waals surface area (Å²) in [6.07, 6.45) is 0. The van der Waals surface area contributed by atoms with Crippen molar-refractivity contribution < 1.29 is 18.4 Å². The Morgan fingerprint density at radius 2 is 1.82 bits per heavy atom. The minimum atomic E-state index is -0.742. The summed E-state index contributed by atoms with van der Waals surface area (Å²) in [5.41, 5.74) is 0.268. The second-order valence-corrected chi connectivity index (χ2v) is 6.21. The molecule has 0 fully saturated rings. The van der Waals surface area contributed by atoms with Crippen LogP contribution in [0.1, 0.15) is 22.8 Å². The molecular weight excluding hydrogens is 363 g/mol. The molecule has 2 amide bonds. The summed E-state index contributed by atoms with van der Waals surface area (Å²) in [6, 6.07) is 14.1. The number of likely N-dealkylation sites (N-methyl/N-ethyl adjacent to an activating group) is 1. The molecule has 0 aliphatic heterocycles. The molecule has 0 saturated heterocycles. The zero-order valence-corrected chi connectivity index (χ0v) is 15.3. The van der Waals surface area contributed by atoms with Crippen LogP contribution in [0.2, 0.25) is 0 Å². The van der Waals surface area contributed by atoms with E-state index in [2.05, 4.69) is 5.32 Å². The molecule has 0 unspecified atom stereocenters. The van der Waals surface area contributed by atoms with Crippen molar-refractivity contribution in [3.63, 3.8) is 0 Å². The third-order valence-electron chi connectivity index (χ3n) is 4.28. The molecule has 0 saturated carbocycles. The highest BCUT2D eigenvalue weighted by molar-refractivity contribution is 5.98. The van der Waals surface area contributed by atoms with Crippen LogP contribution in [0.3, 0.4) is 0 Å². The molecule has 0 bridgehead atoms. The number of benzene rings is 2. The van der Waals surface area contributed by atoms with Gasteiger partial charge in [-0.2, -0.15) is 0 Å². The van der Waals surface area contributed by atoms with Crippen molar-refractivity contribution in [1.82, 2.24) is 10.2 Å². The minimum absolute atomic E-state index is 0.119. The summed E-state index contributed by atoms with van der Waals surface area (Å²) in [5, 5.41) is 3.30. The number of amides is 2. The SMILES string of the molecule is CCN(CC(=O)NCc1ccc(F)cc1)C(=O)c1cc2ccccc2oc1=O. The highest BCUT2D eigenvalue weighted by Gasteiger charge is 2.21. The average molecular weight is 382 g/mol. The number of carbonyl (C=O) groups excluding carboxylic acids is 2. The highest BCUT2D eigenvalue weighted by atomic mass is 19.1. The van der Waals surface area contributed by atoms with Gasteiger partial charge in [-0.15, -0.1) is 0 Å². The molecule has 0 aliphatic carbocycles. The fourth-order valence-electron chi connectivity index (χ4n) is 2.74. The normalized spacial score (nSPS) is 10.6. The summed E-state index contributed by atoms with van der Waals surface area (Å²) in [6.45, 7) is 1.97. The number of nitrogens with zero attached hydrogens (tertiary/aromatic N) is 1. The molecule has 0 aliphatic rings. The number of rotatable bonds is 6. The molecule has 28 heavy (non-hydrogen) atoms. The molecule has 1 N–H and O–H groups in total. The number of fused-ring (bicyclic) bond motifs is 1. The number of hydrogen-bond donors (Lipinski definition) is 1. The van der Waals surface area contributed by atoms with Crippen LogP contribution < -0.4 is 10.9 Å². The molecule has 1 heterocycles. The van der Waals surface area contributed by atoms with Gasteiger partial charge >= 0.3 is 5.63 Å². The van der Waals surface area contributed by atoms with Gasteiger partial charge in [0.2, 0.25) is 5.91 Å². The third kappa shape index (κ3) is 4.43. The van der Waals surface area contributed by atoms with E-state index in [1.165, 1.54) is 23.1 Å². The fraction of sp³-hybridized carbons (Fsp3) is 0.190. The predicted molar refractivity (Wildman–Crippen MR) is 102 cm³/mol. The Hall–Kier alpha value is -3.48. The highest BCUT2D eigenvalue weighted by Crippen LogP contribution is 2.13. The van der Waals surface area contributed by atoms with Crippen molar-refractivity contribution in [3.8, 4) is 0 Å². The van der Waals surface area contributed by atoms with E-state index >= 15 is 0 Å². The Labute approximate surface area is 160 Å². The Bertz CT molecular complexity index is 1060. The number of carbonyl (C=O) groups is 2. The monoisotopic (exact) mass is 382 g/mol. The number of hydrogen-bond acceptors (Lipinski definition) is 4. The van der Waals surface area contributed by atoms with Gasteiger partial charge in [-0.05, 0) is 36.8 Å². The Morgan fingerprint density at radius 1 is 1.11 bits per heavy atom. The van der Waals surface area contributed by atoms with E-state index < -0.39 is 11.5 Å². The van der Waals surface area contributed by atoms with Crippen LogP contribution >= 0.6 is 0 Å². The Balaban J connectivity index is 1.69. The minimum Gasteiger partial charge on any atom is -0.422 e. The lowest BCUT2D eigenvalue weighted by Gasteiger charge is -2.20. The molecule has 0 spiro atoms. The van der Waals surface area contributed by atoms with Crippen LogP contribution in [0.15, 0.2) is 63.8 Å². The third-order valence-corrected chi connectivity index (χ3v) is 4.28. The van der Waals surface area contributed by atoms with Gasteiger partial charge in [-0.3, -0.25) is 9.59 Å². The second-order valence-electron chi connectivity index (χ2n) is 6.21. The molecule has 7 heteroatoms. The number of nitrogens with one attached hydrogen (secondary N) is 1. The molecule has 0 atom stereocenters. The first-order valence-corrected chi connectivity index (χ1v) is 8.81. The van der Waals surface area contributed by atoms with E-state index in [1.807, 2.05) is 0 Å². The smallest absolute Gasteiger partial charge is 0.349 e. The maximum atomic E-state index is 12.9. The van der Waals surface area contributed by atoms with Crippen LogP contribution in [0.5, 0.6) is 0 Å². The first-order chi connectivity index (χ1) is 13.5. The van der Waals surface area contributed by atoms with Gasteiger partial charge in [0.05, 0.1) is 6.54 Å². The van der Waals surface area contributed by atoms with E-state index in [0.29, 0.717) is 11.0 Å². The van der Waals surface area contributed by atoms with Crippen LogP contribution in [0, 0.1) is 5.82 Å². The van der Waals surface area contributed by atoms with Crippen LogP contribution in [-0.2, 0) is 11.3 Å². The molecular formula is C21H19FN2O4. The Morgan fingerprint density at radius 3 is 2.54 bits per heavy atom. The van der Waals surface area contributed by atoms with Gasteiger partial charge in [0, 0.05) is 18.5 Å². The van der Waals surface area contributed by atoms with E-state index in [1.54, 1.807) is 43.3 Å². The Kier molecular flexibility index (Phi) is 5.84. The summed E-state index contributed by atoms with van der Waals surface area (Å²) < 4.78 is 18.1. The van der Waals surface area contributed by atoms with Crippen molar-refractivity contribution in [2.24, 2.45) is 0 Å². The molecule has 0 radical (unpaired) electrons. The molecule has 144 valence electrons. The average Bonchev–Trinajstić information content (AvgIpc) is 2.70. The topological polar surface area (TPSA) is 79.6 Å². The molecule has 6 nitrogen and oxygen atoms in total. The lowest BCUT2D eigenvalue weighted by Crippen LogP contribution is -2.41. The standard InChI is InChI=1S/C21H19FN2O4/c1-2-24(13-19(25)23-12-14-7-9-16(22)10-8-14)20(26)17-11-15-5-3-4-6-18(15)28-21(17)27/h3-11H,2,12-13H2,1H3,(H,23,25). The predicted octanol–water partition coefficient (Wildman–Crippen LogP) is 2.71. The molecule has 3 aromatic rings. The van der Waals surface area contributed by atoms with Crippen LogP contribution in [0.4, 0.5) is 4.39 Å². The maximum Gasteiger partial charge on any atom is 0.349 e. The zero-order chi connectivity index (χ0) is 20.1. The molecule has 2 aromatic carbocycles. The largest absolute Gasteiger partial charge is 0.422 e. The first kappa shape index (κ1) is 19.3. The summed E-state index contributed by atoms with van der Waals surface area (Å²) in [5.74, 6) is -1.31. The lowest BCUT2D eigenvalue weighted by molar-refractivity contribution is -0.121. The van der Waals surface area contributed by atoms with Gasteiger partial charge in [0.1, 0.15) is 17.0 Å². The fourth-order valence-corrected chi connectivity index (χ4v) is 2.74. The first-order valence-electron chi connectivity index (χ1n) is 8.81. The number of halogens is 1. The van der Waals surface area contributed by atoms with E-state index in [4.69, 9.17) is 4.42 Å². The van der Waals surface area contributed by atoms with Gasteiger partial charge in [-0.25, -0.2) is 9.18 Å². The summed E-state index contributed by atoms with van der Waals surface area (Å²) in [4.78, 5) is 38.4. The molecule has 3 rings (SSSR count). The quantitative estimate of drug-likeness (QED) is 0.665. The van der Waals surface area contributed by atoms with Crippen LogP contribution in [-0.4, -0.2) is 29.8 Å². The van der Waals surface area contributed by atoms with Gasteiger partial charge < -0.3 is 14.6 Å². The van der Waals surface area contributed by atoms with Crippen molar-refractivity contribution in [2.45, 2.75) is 13.5 Å². The van der Waals surface area contributed by atoms with E-state index in [0.717, 1.165) is 5.56 Å². The van der Waals surface area contributed by atoms with Crippen molar-refractivity contribution >= 4 is 22.8 Å². The van der Waals surface area contributed by atoms with Crippen molar-refractivity contribution in [3.05, 3.63) is 82.0 Å². The van der Waals surface area contributed by atoms with Crippen LogP contribution in [0.25, 0.3) is 11.0 Å². The lowest BCUT2D eigenvalue weighted by atomic mass is 10.1. The van der Waals surface area contributed by atoms with Crippen molar-refractivity contribution in [1.29, 1.82) is 0 Å². The molecule has 1 aromatic heterocycles. The van der Waals surface area contributed by atoms with Gasteiger partial charge in [0.15, 0.2) is 0 Å². The zero-order valence-electron chi connectivity index (χ0n) is 15.3. The number of para-hydroxylation sites is 1. The van der Waals surface area contributed by atoms with E-state index in [-0.39, 0.29) is 36.9 Å².